The van der Waals surface area contributed by atoms with E-state index in [4.69, 9.17) is 9.62 Å². The molecule has 30 heavy (non-hydrogen) atoms. The fraction of sp³-hybridized carbons (Fsp3) is 0.208. The van der Waals surface area contributed by atoms with E-state index in [0.717, 1.165) is 39.5 Å². The second-order valence-electron chi connectivity index (χ2n) is 7.23. The van der Waals surface area contributed by atoms with Gasteiger partial charge < -0.3 is 9.84 Å². The summed E-state index contributed by atoms with van der Waals surface area (Å²) in [6, 6.07) is 20.0. The zero-order chi connectivity index (χ0) is 20.9. The van der Waals surface area contributed by atoms with Gasteiger partial charge in [-0.3, -0.25) is 4.79 Å². The van der Waals surface area contributed by atoms with Crippen molar-refractivity contribution in [2.45, 2.75) is 33.2 Å². The van der Waals surface area contributed by atoms with Gasteiger partial charge in [-0.15, -0.1) is 0 Å². The molecule has 0 aliphatic heterocycles. The SMILES string of the molecule is Cc1noc(C)c1CCC(=O)NCc1cn(-c2ccccc2)nc1-c1ccccc1. The van der Waals surface area contributed by atoms with E-state index in [-0.39, 0.29) is 5.91 Å². The van der Waals surface area contributed by atoms with Crippen LogP contribution in [-0.2, 0) is 17.8 Å². The van der Waals surface area contributed by atoms with E-state index in [1.807, 2.05) is 85.4 Å². The number of carbonyl (C=O) groups is 1. The normalized spacial score (nSPS) is 10.9. The molecule has 0 bridgehead atoms. The standard InChI is InChI=1S/C24H24N4O2/c1-17-22(18(2)30-27-17)13-14-23(29)25-15-20-16-28(21-11-7-4-8-12-21)26-24(20)19-9-5-3-6-10-19/h3-12,16H,13-15H2,1-2H3,(H,25,29). The number of hydrogen-bond donors (Lipinski definition) is 1. The summed E-state index contributed by atoms with van der Waals surface area (Å²) in [6.07, 6.45) is 2.98. The Hall–Kier alpha value is -3.67. The molecule has 1 N–H and O–H groups in total. The molecule has 0 saturated carbocycles. The Balaban J connectivity index is 1.50. The maximum Gasteiger partial charge on any atom is 0.220 e. The minimum Gasteiger partial charge on any atom is -0.361 e. The number of benzene rings is 2. The highest BCUT2D eigenvalue weighted by atomic mass is 16.5. The van der Waals surface area contributed by atoms with Gasteiger partial charge in [-0.2, -0.15) is 5.10 Å². The number of nitrogens with zero attached hydrogens (tertiary/aromatic N) is 3. The van der Waals surface area contributed by atoms with Crippen LogP contribution in [0.5, 0.6) is 0 Å². The summed E-state index contributed by atoms with van der Waals surface area (Å²) >= 11 is 0. The van der Waals surface area contributed by atoms with Crippen LogP contribution in [-0.4, -0.2) is 20.8 Å². The van der Waals surface area contributed by atoms with Gasteiger partial charge in [-0.1, -0.05) is 53.7 Å². The van der Waals surface area contributed by atoms with Crippen molar-refractivity contribution in [3.05, 3.63) is 89.4 Å². The second-order valence-corrected chi connectivity index (χ2v) is 7.23. The number of aromatic nitrogens is 3. The molecule has 0 atom stereocenters. The lowest BCUT2D eigenvalue weighted by atomic mass is 10.1. The molecule has 0 aliphatic carbocycles. The first-order valence-electron chi connectivity index (χ1n) is 9.99. The van der Waals surface area contributed by atoms with Crippen molar-refractivity contribution in [2.75, 3.05) is 0 Å². The molecule has 0 fully saturated rings. The molecule has 4 aromatic rings. The van der Waals surface area contributed by atoms with Gasteiger partial charge in [-0.05, 0) is 32.4 Å². The highest BCUT2D eigenvalue weighted by molar-refractivity contribution is 5.76. The Labute approximate surface area is 175 Å². The minimum atomic E-state index is -0.0125. The molecule has 0 unspecified atom stereocenters. The molecule has 1 amide bonds. The molecule has 2 heterocycles. The lowest BCUT2D eigenvalue weighted by Crippen LogP contribution is -2.23. The highest BCUT2D eigenvalue weighted by Crippen LogP contribution is 2.23. The summed E-state index contributed by atoms with van der Waals surface area (Å²) in [5.74, 6) is 0.761. The zero-order valence-corrected chi connectivity index (χ0v) is 17.1. The van der Waals surface area contributed by atoms with Gasteiger partial charge in [0.05, 0.1) is 17.1 Å². The van der Waals surface area contributed by atoms with Crippen LogP contribution in [0.25, 0.3) is 16.9 Å². The van der Waals surface area contributed by atoms with Crippen molar-refractivity contribution in [1.82, 2.24) is 20.3 Å². The van der Waals surface area contributed by atoms with Gasteiger partial charge in [0.25, 0.3) is 0 Å². The van der Waals surface area contributed by atoms with Crippen molar-refractivity contribution in [2.24, 2.45) is 0 Å². The zero-order valence-electron chi connectivity index (χ0n) is 17.1. The predicted molar refractivity (Wildman–Crippen MR) is 115 cm³/mol. The topological polar surface area (TPSA) is 73.0 Å². The van der Waals surface area contributed by atoms with Crippen LogP contribution in [0.2, 0.25) is 0 Å². The molecule has 6 nitrogen and oxygen atoms in total. The lowest BCUT2D eigenvalue weighted by Gasteiger charge is -2.06. The van der Waals surface area contributed by atoms with Gasteiger partial charge in [0.1, 0.15) is 5.76 Å². The summed E-state index contributed by atoms with van der Waals surface area (Å²) in [5.41, 5.74) is 5.68. The predicted octanol–water partition coefficient (Wildman–Crippen LogP) is 4.39. The maximum absolute atomic E-state index is 12.5. The number of carbonyl (C=O) groups excluding carboxylic acids is 1. The van der Waals surface area contributed by atoms with Crippen LogP contribution < -0.4 is 5.32 Å². The van der Waals surface area contributed by atoms with E-state index in [1.54, 1.807) is 0 Å². The molecule has 0 aliphatic rings. The molecule has 4 rings (SSSR count). The summed E-state index contributed by atoms with van der Waals surface area (Å²) in [7, 11) is 0. The molecule has 0 saturated heterocycles. The third kappa shape index (κ3) is 4.33. The molecule has 2 aromatic carbocycles. The minimum absolute atomic E-state index is 0.0125. The first-order valence-corrected chi connectivity index (χ1v) is 9.99. The third-order valence-electron chi connectivity index (χ3n) is 5.12. The lowest BCUT2D eigenvalue weighted by molar-refractivity contribution is -0.121. The number of amides is 1. The smallest absolute Gasteiger partial charge is 0.220 e. The first-order chi connectivity index (χ1) is 14.6. The molecule has 0 spiro atoms. The summed E-state index contributed by atoms with van der Waals surface area (Å²) in [4.78, 5) is 12.5. The number of rotatable bonds is 7. The van der Waals surface area contributed by atoms with E-state index < -0.39 is 0 Å². The molecular formula is C24H24N4O2. The van der Waals surface area contributed by atoms with Crippen LogP contribution in [0.4, 0.5) is 0 Å². The Kier molecular flexibility index (Phi) is 5.75. The largest absolute Gasteiger partial charge is 0.361 e. The van der Waals surface area contributed by atoms with Crippen LogP contribution in [0.1, 0.15) is 29.0 Å². The average molecular weight is 400 g/mol. The van der Waals surface area contributed by atoms with Gasteiger partial charge in [0, 0.05) is 35.9 Å². The Bertz CT molecular complexity index is 1110. The number of aryl methyl sites for hydroxylation is 2. The molecule has 152 valence electrons. The number of nitrogens with one attached hydrogen (secondary N) is 1. The fourth-order valence-electron chi connectivity index (χ4n) is 3.47. The van der Waals surface area contributed by atoms with Crippen molar-refractivity contribution < 1.29 is 9.32 Å². The Morgan fingerprint density at radius 1 is 1.03 bits per heavy atom. The highest BCUT2D eigenvalue weighted by Gasteiger charge is 2.15. The molecule has 2 aromatic heterocycles. The molecule has 6 heteroatoms. The van der Waals surface area contributed by atoms with Crippen LogP contribution in [0.3, 0.4) is 0 Å². The molecule has 0 radical (unpaired) electrons. The van der Waals surface area contributed by atoms with E-state index in [1.165, 1.54) is 0 Å². The monoisotopic (exact) mass is 400 g/mol. The Morgan fingerprint density at radius 3 is 2.40 bits per heavy atom. The van der Waals surface area contributed by atoms with Crippen LogP contribution in [0, 0.1) is 13.8 Å². The average Bonchev–Trinajstić information content (AvgIpc) is 3.35. The van der Waals surface area contributed by atoms with Gasteiger partial charge in [0.15, 0.2) is 0 Å². The Morgan fingerprint density at radius 2 is 1.73 bits per heavy atom. The fourth-order valence-corrected chi connectivity index (χ4v) is 3.47. The van der Waals surface area contributed by atoms with Gasteiger partial charge >= 0.3 is 0 Å². The second kappa shape index (κ2) is 8.78. The van der Waals surface area contributed by atoms with Crippen LogP contribution in [0.15, 0.2) is 71.4 Å². The summed E-state index contributed by atoms with van der Waals surface area (Å²) < 4.78 is 7.03. The number of hydrogen-bond acceptors (Lipinski definition) is 4. The number of para-hydroxylation sites is 1. The van der Waals surface area contributed by atoms with Gasteiger partial charge in [-0.25, -0.2) is 4.68 Å². The third-order valence-corrected chi connectivity index (χ3v) is 5.12. The maximum atomic E-state index is 12.5. The van der Waals surface area contributed by atoms with E-state index in [0.29, 0.717) is 19.4 Å². The van der Waals surface area contributed by atoms with Gasteiger partial charge in [0.2, 0.25) is 5.91 Å². The van der Waals surface area contributed by atoms with E-state index >= 15 is 0 Å². The first kappa shape index (κ1) is 19.6. The van der Waals surface area contributed by atoms with Crippen molar-refractivity contribution in [3.8, 4) is 16.9 Å². The van der Waals surface area contributed by atoms with Crippen LogP contribution >= 0.6 is 0 Å². The van der Waals surface area contributed by atoms with E-state index in [2.05, 4.69) is 10.5 Å². The van der Waals surface area contributed by atoms with Crippen molar-refractivity contribution in [1.29, 1.82) is 0 Å². The molecular weight excluding hydrogens is 376 g/mol. The summed E-state index contributed by atoms with van der Waals surface area (Å²) in [5, 5.41) is 11.8. The van der Waals surface area contributed by atoms with E-state index in [9.17, 15) is 4.79 Å². The quantitative estimate of drug-likeness (QED) is 0.499. The van der Waals surface area contributed by atoms with Crippen molar-refractivity contribution in [3.63, 3.8) is 0 Å². The van der Waals surface area contributed by atoms with Crippen molar-refractivity contribution >= 4 is 5.91 Å². The summed E-state index contributed by atoms with van der Waals surface area (Å²) in [6.45, 7) is 4.18.